The molecule has 0 saturated carbocycles. The van der Waals surface area contributed by atoms with Crippen LogP contribution in [-0.4, -0.2) is 53.7 Å². The van der Waals surface area contributed by atoms with Crippen LogP contribution in [0.2, 0.25) is 0 Å². The van der Waals surface area contributed by atoms with Crippen LogP contribution < -0.4 is 5.32 Å². The molecule has 0 radical (unpaired) electrons. The molecule has 2 heterocycles. The first-order chi connectivity index (χ1) is 12.2. The number of fused-ring (bicyclic) bond motifs is 1. The van der Waals surface area contributed by atoms with E-state index in [2.05, 4.69) is 5.32 Å². The van der Waals surface area contributed by atoms with Gasteiger partial charge in [0.2, 0.25) is 0 Å². The molecule has 0 unspecified atom stereocenters. The summed E-state index contributed by atoms with van der Waals surface area (Å²) in [5.74, 6) is -0.550. The van der Waals surface area contributed by atoms with E-state index in [1.54, 1.807) is 24.3 Å². The van der Waals surface area contributed by atoms with Gasteiger partial charge in [0.1, 0.15) is 5.60 Å². The molecule has 1 saturated heterocycles. The van der Waals surface area contributed by atoms with Crippen molar-refractivity contribution in [3.8, 4) is 0 Å². The molecule has 2 atom stereocenters. The highest BCUT2D eigenvalue weighted by Crippen LogP contribution is 2.24. The van der Waals surface area contributed by atoms with Gasteiger partial charge in [-0.1, -0.05) is 12.1 Å². The van der Waals surface area contributed by atoms with Gasteiger partial charge >= 0.3 is 6.09 Å². The van der Waals surface area contributed by atoms with Crippen LogP contribution in [0.1, 0.15) is 54.3 Å². The van der Waals surface area contributed by atoms with E-state index >= 15 is 0 Å². The van der Waals surface area contributed by atoms with E-state index in [0.717, 1.165) is 0 Å². The zero-order valence-electron chi connectivity index (χ0n) is 15.3. The third kappa shape index (κ3) is 4.04. The summed E-state index contributed by atoms with van der Waals surface area (Å²) in [6.45, 7) is 5.98. The molecule has 2 aliphatic rings. The normalized spacial score (nSPS) is 23.0. The number of alkyl carbamates (subject to hydrolysis) is 1. The van der Waals surface area contributed by atoms with Gasteiger partial charge in [0.15, 0.2) is 0 Å². The lowest BCUT2D eigenvalue weighted by Gasteiger charge is -2.32. The number of nitrogens with zero attached hydrogens (tertiary/aromatic N) is 1. The van der Waals surface area contributed by atoms with Gasteiger partial charge < -0.3 is 14.8 Å². The van der Waals surface area contributed by atoms with Crippen molar-refractivity contribution in [1.29, 1.82) is 0 Å². The first kappa shape index (κ1) is 18.4. The average molecular weight is 360 g/mol. The van der Waals surface area contributed by atoms with Gasteiger partial charge in [0, 0.05) is 0 Å². The summed E-state index contributed by atoms with van der Waals surface area (Å²) in [5.41, 5.74) is 0.337. The van der Waals surface area contributed by atoms with Crippen molar-refractivity contribution in [3.63, 3.8) is 0 Å². The van der Waals surface area contributed by atoms with Crippen LogP contribution in [0.4, 0.5) is 4.79 Å². The number of benzene rings is 1. The van der Waals surface area contributed by atoms with Gasteiger partial charge in [-0.25, -0.2) is 4.79 Å². The van der Waals surface area contributed by atoms with Crippen LogP contribution in [0.15, 0.2) is 24.3 Å². The second kappa shape index (κ2) is 7.07. The minimum absolute atomic E-state index is 0.136. The molecule has 1 aromatic rings. The van der Waals surface area contributed by atoms with E-state index in [1.165, 1.54) is 4.90 Å². The Balaban J connectivity index is 1.50. The Labute approximate surface area is 152 Å². The van der Waals surface area contributed by atoms with Crippen molar-refractivity contribution in [3.05, 3.63) is 35.4 Å². The minimum atomic E-state index is -0.548. The molecular formula is C19H24N2O5. The second-order valence-electron chi connectivity index (χ2n) is 7.64. The predicted molar refractivity (Wildman–Crippen MR) is 93.9 cm³/mol. The predicted octanol–water partition coefficient (Wildman–Crippen LogP) is 2.35. The van der Waals surface area contributed by atoms with Crippen LogP contribution in [0.25, 0.3) is 0 Å². The van der Waals surface area contributed by atoms with E-state index < -0.39 is 11.7 Å². The summed E-state index contributed by atoms with van der Waals surface area (Å²) in [7, 11) is 0. The SMILES string of the molecule is CC(C)(C)OC(=O)N[C@@H]1CC[C@H](CN2C(=O)c3ccccc3C2=O)OC1. The van der Waals surface area contributed by atoms with Crippen molar-refractivity contribution >= 4 is 17.9 Å². The Morgan fingerprint density at radius 3 is 2.31 bits per heavy atom. The molecule has 26 heavy (non-hydrogen) atoms. The lowest BCUT2D eigenvalue weighted by molar-refractivity contribution is -0.0186. The topological polar surface area (TPSA) is 84.9 Å². The van der Waals surface area contributed by atoms with E-state index in [4.69, 9.17) is 9.47 Å². The number of rotatable bonds is 3. The number of carbonyl (C=O) groups excluding carboxylic acids is 3. The third-order valence-electron chi connectivity index (χ3n) is 4.36. The zero-order chi connectivity index (χ0) is 18.9. The Morgan fingerprint density at radius 1 is 1.19 bits per heavy atom. The Hall–Kier alpha value is -2.41. The van der Waals surface area contributed by atoms with Crippen molar-refractivity contribution in [2.24, 2.45) is 0 Å². The van der Waals surface area contributed by atoms with Crippen LogP contribution in [0.3, 0.4) is 0 Å². The molecule has 1 N–H and O–H groups in total. The molecule has 140 valence electrons. The van der Waals surface area contributed by atoms with E-state index in [1.807, 2.05) is 20.8 Å². The Kier molecular flexibility index (Phi) is 5.00. The summed E-state index contributed by atoms with van der Waals surface area (Å²) in [6.07, 6.45) is 0.653. The molecule has 7 nitrogen and oxygen atoms in total. The highest BCUT2D eigenvalue weighted by atomic mass is 16.6. The molecule has 3 amide bonds. The monoisotopic (exact) mass is 360 g/mol. The summed E-state index contributed by atoms with van der Waals surface area (Å²) < 4.78 is 11.0. The van der Waals surface area contributed by atoms with Crippen LogP contribution >= 0.6 is 0 Å². The fourth-order valence-electron chi connectivity index (χ4n) is 3.15. The summed E-state index contributed by atoms with van der Waals surface area (Å²) >= 11 is 0. The maximum absolute atomic E-state index is 12.4. The summed E-state index contributed by atoms with van der Waals surface area (Å²) in [5, 5.41) is 2.79. The molecule has 2 aliphatic heterocycles. The van der Waals surface area contributed by atoms with E-state index in [9.17, 15) is 14.4 Å². The smallest absolute Gasteiger partial charge is 0.407 e. The van der Waals surface area contributed by atoms with Gasteiger partial charge in [0.25, 0.3) is 11.8 Å². The quantitative estimate of drug-likeness (QED) is 0.837. The van der Waals surface area contributed by atoms with Gasteiger partial charge in [-0.05, 0) is 45.7 Å². The Morgan fingerprint density at radius 2 is 1.81 bits per heavy atom. The molecule has 7 heteroatoms. The number of carbonyl (C=O) groups is 3. The van der Waals surface area contributed by atoms with Crippen LogP contribution in [0.5, 0.6) is 0 Å². The largest absolute Gasteiger partial charge is 0.444 e. The molecule has 0 bridgehead atoms. The molecule has 3 rings (SSSR count). The first-order valence-electron chi connectivity index (χ1n) is 8.81. The fourth-order valence-corrected chi connectivity index (χ4v) is 3.15. The van der Waals surface area contributed by atoms with Crippen molar-refractivity contribution < 1.29 is 23.9 Å². The highest BCUT2D eigenvalue weighted by Gasteiger charge is 2.37. The second-order valence-corrected chi connectivity index (χ2v) is 7.64. The number of imide groups is 1. The van der Waals surface area contributed by atoms with E-state index in [0.29, 0.717) is 30.6 Å². The van der Waals surface area contributed by atoms with Gasteiger partial charge in [-0.3, -0.25) is 14.5 Å². The number of hydrogen-bond acceptors (Lipinski definition) is 5. The minimum Gasteiger partial charge on any atom is -0.444 e. The van der Waals surface area contributed by atoms with Crippen LogP contribution in [-0.2, 0) is 9.47 Å². The van der Waals surface area contributed by atoms with Gasteiger partial charge in [0.05, 0.1) is 36.4 Å². The average Bonchev–Trinajstić information content (AvgIpc) is 2.80. The van der Waals surface area contributed by atoms with Gasteiger partial charge in [-0.2, -0.15) is 0 Å². The summed E-state index contributed by atoms with van der Waals surface area (Å²) in [6, 6.07) is 6.69. The first-order valence-corrected chi connectivity index (χ1v) is 8.81. The molecule has 0 aliphatic carbocycles. The molecule has 0 aromatic heterocycles. The van der Waals surface area contributed by atoms with E-state index in [-0.39, 0.29) is 30.5 Å². The van der Waals surface area contributed by atoms with Crippen molar-refractivity contribution in [1.82, 2.24) is 10.2 Å². The standard InChI is InChI=1S/C19H24N2O5/c1-19(2,3)26-18(24)20-12-8-9-13(25-11-12)10-21-16(22)14-6-4-5-7-15(14)17(21)23/h4-7,12-13H,8-11H2,1-3H3,(H,20,24)/t12-,13-/m1/s1. The number of nitrogens with one attached hydrogen (secondary N) is 1. The number of amides is 3. The molecule has 0 spiro atoms. The van der Waals surface area contributed by atoms with Crippen molar-refractivity contribution in [2.45, 2.75) is 51.4 Å². The van der Waals surface area contributed by atoms with Crippen LogP contribution in [0, 0.1) is 0 Å². The highest BCUT2D eigenvalue weighted by molar-refractivity contribution is 6.21. The summed E-state index contributed by atoms with van der Waals surface area (Å²) in [4.78, 5) is 37.9. The lowest BCUT2D eigenvalue weighted by Crippen LogP contribution is -2.47. The lowest BCUT2D eigenvalue weighted by atomic mass is 10.0. The van der Waals surface area contributed by atoms with Gasteiger partial charge in [-0.15, -0.1) is 0 Å². The third-order valence-corrected chi connectivity index (χ3v) is 4.36. The zero-order valence-corrected chi connectivity index (χ0v) is 15.3. The number of hydrogen-bond donors (Lipinski definition) is 1. The molecule has 1 fully saturated rings. The fraction of sp³-hybridized carbons (Fsp3) is 0.526. The maximum atomic E-state index is 12.4. The maximum Gasteiger partial charge on any atom is 0.407 e. The van der Waals surface area contributed by atoms with Crippen molar-refractivity contribution in [2.75, 3.05) is 13.2 Å². The number of ether oxygens (including phenoxy) is 2. The molecular weight excluding hydrogens is 336 g/mol. The molecule has 1 aromatic carbocycles. The Bertz CT molecular complexity index is 682.